The van der Waals surface area contributed by atoms with Crippen molar-refractivity contribution in [2.24, 2.45) is 5.73 Å². The lowest BCUT2D eigenvalue weighted by molar-refractivity contribution is -0.121. The van der Waals surface area contributed by atoms with E-state index in [0.29, 0.717) is 13.0 Å². The van der Waals surface area contributed by atoms with Gasteiger partial charge in [0.05, 0.1) is 0 Å². The smallest absolute Gasteiger partial charge is 0.221 e. The molecule has 1 amide bonds. The number of amides is 1. The number of carbonyl (C=O) groups excluding carboxylic acids is 1. The molecule has 1 aromatic carbocycles. The summed E-state index contributed by atoms with van der Waals surface area (Å²) in [7, 11) is 0. The summed E-state index contributed by atoms with van der Waals surface area (Å²) in [6.07, 6.45) is 2.42. The van der Waals surface area contributed by atoms with Crippen LogP contribution in [0.1, 0.15) is 31.7 Å². The molecule has 98 valence electrons. The molecule has 1 aliphatic rings. The van der Waals surface area contributed by atoms with Gasteiger partial charge in [-0.2, -0.15) is 0 Å². The fraction of sp³-hybridized carbons (Fsp3) is 0.500. The molecule has 0 aliphatic heterocycles. The largest absolute Gasteiger partial charge is 0.355 e. The van der Waals surface area contributed by atoms with Crippen LogP contribution in [-0.4, -0.2) is 18.5 Å². The van der Waals surface area contributed by atoms with E-state index in [1.54, 1.807) is 12.1 Å². The van der Waals surface area contributed by atoms with Crippen molar-refractivity contribution in [1.82, 2.24) is 5.32 Å². The third-order valence-electron chi connectivity index (χ3n) is 3.44. The molecule has 0 heterocycles. The van der Waals surface area contributed by atoms with Gasteiger partial charge in [-0.3, -0.25) is 4.79 Å². The molecule has 2 rings (SSSR count). The highest BCUT2D eigenvalue weighted by Gasteiger charge is 2.44. The summed E-state index contributed by atoms with van der Waals surface area (Å²) in [5, 5.41) is 2.92. The Labute approximate surface area is 107 Å². The first-order valence-corrected chi connectivity index (χ1v) is 6.30. The van der Waals surface area contributed by atoms with Crippen LogP contribution in [0.5, 0.6) is 0 Å². The van der Waals surface area contributed by atoms with Crippen LogP contribution in [0.3, 0.4) is 0 Å². The first-order valence-electron chi connectivity index (χ1n) is 6.30. The standard InChI is InChI=1S/C14H19FN2O/c1-10(16)8-13(18)17-9-14(6-7-14)11-2-4-12(15)5-3-11/h2-5,10H,6-9,16H2,1H3,(H,17,18). The van der Waals surface area contributed by atoms with Gasteiger partial charge in [-0.05, 0) is 37.5 Å². The van der Waals surface area contributed by atoms with E-state index in [2.05, 4.69) is 5.32 Å². The molecule has 0 bridgehead atoms. The van der Waals surface area contributed by atoms with E-state index in [1.807, 2.05) is 6.92 Å². The minimum absolute atomic E-state index is 0.0151. The molecule has 0 saturated heterocycles. The van der Waals surface area contributed by atoms with E-state index < -0.39 is 0 Å². The Morgan fingerprint density at radius 1 is 1.44 bits per heavy atom. The fourth-order valence-electron chi connectivity index (χ4n) is 2.15. The average Bonchev–Trinajstić information content (AvgIpc) is 3.08. The minimum Gasteiger partial charge on any atom is -0.355 e. The van der Waals surface area contributed by atoms with E-state index in [4.69, 9.17) is 5.73 Å². The quantitative estimate of drug-likeness (QED) is 0.836. The lowest BCUT2D eigenvalue weighted by Crippen LogP contribution is -2.35. The Morgan fingerprint density at radius 3 is 2.56 bits per heavy atom. The number of nitrogens with one attached hydrogen (secondary N) is 1. The summed E-state index contributed by atoms with van der Waals surface area (Å²) in [4.78, 5) is 11.6. The van der Waals surface area contributed by atoms with Gasteiger partial charge < -0.3 is 11.1 Å². The molecule has 0 aromatic heterocycles. The molecule has 0 radical (unpaired) electrons. The maximum Gasteiger partial charge on any atom is 0.221 e. The number of nitrogens with two attached hydrogens (primary N) is 1. The van der Waals surface area contributed by atoms with Crippen molar-refractivity contribution < 1.29 is 9.18 Å². The van der Waals surface area contributed by atoms with Crippen molar-refractivity contribution in [3.05, 3.63) is 35.6 Å². The second-order valence-corrected chi connectivity index (χ2v) is 5.25. The number of benzene rings is 1. The second kappa shape index (κ2) is 5.06. The molecule has 18 heavy (non-hydrogen) atoms. The van der Waals surface area contributed by atoms with Crippen LogP contribution in [-0.2, 0) is 10.2 Å². The average molecular weight is 250 g/mol. The Hall–Kier alpha value is -1.42. The van der Waals surface area contributed by atoms with E-state index in [0.717, 1.165) is 18.4 Å². The fourth-order valence-corrected chi connectivity index (χ4v) is 2.15. The molecule has 1 atom stereocenters. The van der Waals surface area contributed by atoms with Crippen LogP contribution in [0, 0.1) is 5.82 Å². The van der Waals surface area contributed by atoms with Crippen LogP contribution >= 0.6 is 0 Å². The topological polar surface area (TPSA) is 55.1 Å². The Morgan fingerprint density at radius 2 is 2.06 bits per heavy atom. The molecule has 1 aromatic rings. The molecular weight excluding hydrogens is 231 g/mol. The van der Waals surface area contributed by atoms with Crippen LogP contribution in [0.4, 0.5) is 4.39 Å². The summed E-state index contributed by atoms with van der Waals surface area (Å²) in [5.41, 5.74) is 6.69. The van der Waals surface area contributed by atoms with Crippen LogP contribution in [0.2, 0.25) is 0 Å². The first-order chi connectivity index (χ1) is 8.52. The van der Waals surface area contributed by atoms with E-state index in [-0.39, 0.29) is 23.2 Å². The lowest BCUT2D eigenvalue weighted by Gasteiger charge is -2.17. The third kappa shape index (κ3) is 3.07. The van der Waals surface area contributed by atoms with Crippen molar-refractivity contribution in [3.8, 4) is 0 Å². The van der Waals surface area contributed by atoms with Gasteiger partial charge in [0.15, 0.2) is 0 Å². The van der Waals surface area contributed by atoms with Gasteiger partial charge >= 0.3 is 0 Å². The highest BCUT2D eigenvalue weighted by molar-refractivity contribution is 5.76. The summed E-state index contributed by atoms with van der Waals surface area (Å²) >= 11 is 0. The van der Waals surface area contributed by atoms with Crippen LogP contribution < -0.4 is 11.1 Å². The van der Waals surface area contributed by atoms with Gasteiger partial charge in [0.25, 0.3) is 0 Å². The molecule has 3 nitrogen and oxygen atoms in total. The molecule has 1 saturated carbocycles. The highest BCUT2D eigenvalue weighted by Crippen LogP contribution is 2.47. The number of rotatable bonds is 5. The molecule has 1 aliphatic carbocycles. The predicted octanol–water partition coefficient (Wildman–Crippen LogP) is 1.71. The highest BCUT2D eigenvalue weighted by atomic mass is 19.1. The summed E-state index contributed by atoms with van der Waals surface area (Å²) < 4.78 is 12.9. The second-order valence-electron chi connectivity index (χ2n) is 5.25. The first kappa shape index (κ1) is 13.0. The van der Waals surface area contributed by atoms with Crippen molar-refractivity contribution in [2.45, 2.75) is 37.6 Å². The molecule has 1 unspecified atom stereocenters. The van der Waals surface area contributed by atoms with Gasteiger partial charge in [0.1, 0.15) is 5.82 Å². The normalized spacial score (nSPS) is 18.2. The molecule has 4 heteroatoms. The van der Waals surface area contributed by atoms with Gasteiger partial charge in [0, 0.05) is 24.4 Å². The Bertz CT molecular complexity index is 424. The number of carbonyl (C=O) groups is 1. The number of halogens is 1. The number of hydrogen-bond acceptors (Lipinski definition) is 2. The van der Waals surface area contributed by atoms with Crippen LogP contribution in [0.25, 0.3) is 0 Å². The zero-order chi connectivity index (χ0) is 13.2. The maximum absolute atomic E-state index is 12.9. The van der Waals surface area contributed by atoms with E-state index in [9.17, 15) is 9.18 Å². The van der Waals surface area contributed by atoms with Crippen molar-refractivity contribution in [1.29, 1.82) is 0 Å². The molecular formula is C14H19FN2O. The third-order valence-corrected chi connectivity index (χ3v) is 3.44. The zero-order valence-electron chi connectivity index (χ0n) is 10.6. The van der Waals surface area contributed by atoms with E-state index in [1.165, 1.54) is 12.1 Å². The van der Waals surface area contributed by atoms with Crippen molar-refractivity contribution in [2.75, 3.05) is 6.54 Å². The van der Waals surface area contributed by atoms with Gasteiger partial charge in [-0.15, -0.1) is 0 Å². The number of hydrogen-bond donors (Lipinski definition) is 2. The molecule has 0 spiro atoms. The van der Waals surface area contributed by atoms with Gasteiger partial charge in [0.2, 0.25) is 5.91 Å². The SMILES string of the molecule is CC(N)CC(=O)NCC1(c2ccc(F)cc2)CC1. The Balaban J connectivity index is 1.92. The molecule has 1 fully saturated rings. The summed E-state index contributed by atoms with van der Waals surface area (Å²) in [5.74, 6) is -0.242. The van der Waals surface area contributed by atoms with Crippen molar-refractivity contribution in [3.63, 3.8) is 0 Å². The minimum atomic E-state index is -0.226. The van der Waals surface area contributed by atoms with Crippen LogP contribution in [0.15, 0.2) is 24.3 Å². The molecule has 3 N–H and O–H groups in total. The Kier molecular flexibility index (Phi) is 3.66. The maximum atomic E-state index is 12.9. The summed E-state index contributed by atoms with van der Waals surface area (Å²) in [6, 6.07) is 6.43. The summed E-state index contributed by atoms with van der Waals surface area (Å²) in [6.45, 7) is 2.43. The lowest BCUT2D eigenvalue weighted by atomic mass is 9.96. The zero-order valence-corrected chi connectivity index (χ0v) is 10.6. The van der Waals surface area contributed by atoms with E-state index >= 15 is 0 Å². The van der Waals surface area contributed by atoms with Gasteiger partial charge in [-0.1, -0.05) is 12.1 Å². The van der Waals surface area contributed by atoms with Gasteiger partial charge in [-0.25, -0.2) is 4.39 Å². The predicted molar refractivity (Wildman–Crippen MR) is 68.6 cm³/mol. The monoisotopic (exact) mass is 250 g/mol. The van der Waals surface area contributed by atoms with Crippen molar-refractivity contribution >= 4 is 5.91 Å².